The van der Waals surface area contributed by atoms with Gasteiger partial charge in [0.15, 0.2) is 0 Å². The van der Waals surface area contributed by atoms with Crippen LogP contribution >= 0.6 is 0 Å². The van der Waals surface area contributed by atoms with Crippen LogP contribution in [0.15, 0.2) is 42.5 Å². The summed E-state index contributed by atoms with van der Waals surface area (Å²) in [6.07, 6.45) is 0. The fourth-order valence-electron chi connectivity index (χ4n) is 2.40. The number of imidazole rings is 1. The number of fused-ring (bicyclic) bond motifs is 1. The van der Waals surface area contributed by atoms with Gasteiger partial charge < -0.3 is 5.32 Å². The van der Waals surface area contributed by atoms with E-state index in [4.69, 9.17) is 0 Å². The van der Waals surface area contributed by atoms with Crippen molar-refractivity contribution < 1.29 is 0 Å². The number of para-hydroxylation sites is 2. The molecule has 3 rings (SSSR count). The molecule has 96 valence electrons. The Bertz CT molecular complexity index is 741. The van der Waals surface area contributed by atoms with E-state index in [1.54, 1.807) is 0 Å². The summed E-state index contributed by atoms with van der Waals surface area (Å²) in [5.41, 5.74) is 5.80. The molecule has 3 aromatic rings. The smallest absolute Gasteiger partial charge is 0.208 e. The SMILES string of the molecule is CNc1nc2ccccc2n1-c1cc(C)ccc1C. The Balaban J connectivity index is 2.37. The Labute approximate surface area is 112 Å². The minimum atomic E-state index is 0.870. The second-order valence-electron chi connectivity index (χ2n) is 4.80. The van der Waals surface area contributed by atoms with Gasteiger partial charge >= 0.3 is 0 Å². The van der Waals surface area contributed by atoms with Crippen LogP contribution in [0.3, 0.4) is 0 Å². The first-order valence-electron chi connectivity index (χ1n) is 6.43. The number of rotatable bonds is 2. The summed E-state index contributed by atoms with van der Waals surface area (Å²) in [6, 6.07) is 14.7. The van der Waals surface area contributed by atoms with Crippen molar-refractivity contribution in [3.63, 3.8) is 0 Å². The zero-order valence-electron chi connectivity index (χ0n) is 11.4. The highest BCUT2D eigenvalue weighted by molar-refractivity contribution is 5.81. The van der Waals surface area contributed by atoms with Gasteiger partial charge in [-0.15, -0.1) is 0 Å². The molecule has 1 heterocycles. The third-order valence-corrected chi connectivity index (χ3v) is 3.39. The molecule has 0 unspecified atom stereocenters. The molecule has 3 heteroatoms. The number of nitrogens with zero attached hydrogens (tertiary/aromatic N) is 2. The monoisotopic (exact) mass is 251 g/mol. The molecule has 0 atom stereocenters. The van der Waals surface area contributed by atoms with Crippen LogP contribution in [0.25, 0.3) is 16.7 Å². The van der Waals surface area contributed by atoms with Crippen molar-refractivity contribution in [2.24, 2.45) is 0 Å². The summed E-state index contributed by atoms with van der Waals surface area (Å²) in [4.78, 5) is 4.63. The van der Waals surface area contributed by atoms with Gasteiger partial charge in [-0.2, -0.15) is 0 Å². The average Bonchev–Trinajstić information content (AvgIpc) is 2.80. The molecule has 1 aromatic heterocycles. The Morgan fingerprint density at radius 3 is 2.63 bits per heavy atom. The van der Waals surface area contributed by atoms with E-state index in [0.717, 1.165) is 17.0 Å². The first-order chi connectivity index (χ1) is 9.20. The molecule has 0 saturated heterocycles. The fourth-order valence-corrected chi connectivity index (χ4v) is 2.40. The molecule has 1 N–H and O–H groups in total. The summed E-state index contributed by atoms with van der Waals surface area (Å²) in [5.74, 6) is 0.870. The van der Waals surface area contributed by atoms with Crippen molar-refractivity contribution in [3.8, 4) is 5.69 Å². The van der Waals surface area contributed by atoms with Crippen LogP contribution in [-0.2, 0) is 0 Å². The minimum Gasteiger partial charge on any atom is -0.358 e. The second kappa shape index (κ2) is 4.43. The van der Waals surface area contributed by atoms with Gasteiger partial charge in [0.1, 0.15) is 0 Å². The third-order valence-electron chi connectivity index (χ3n) is 3.39. The van der Waals surface area contributed by atoms with Crippen LogP contribution in [0.4, 0.5) is 5.95 Å². The van der Waals surface area contributed by atoms with Crippen molar-refractivity contribution in [1.29, 1.82) is 0 Å². The lowest BCUT2D eigenvalue weighted by atomic mass is 10.1. The molecule has 0 aliphatic carbocycles. The molecule has 0 saturated carbocycles. The molecular formula is C16H17N3. The summed E-state index contributed by atoms with van der Waals surface area (Å²) < 4.78 is 2.18. The summed E-state index contributed by atoms with van der Waals surface area (Å²) in [5, 5.41) is 3.18. The van der Waals surface area contributed by atoms with E-state index < -0.39 is 0 Å². The summed E-state index contributed by atoms with van der Waals surface area (Å²) in [6.45, 7) is 4.24. The van der Waals surface area contributed by atoms with Crippen LogP contribution in [0.2, 0.25) is 0 Å². The third kappa shape index (κ3) is 1.87. The molecule has 0 aliphatic heterocycles. The van der Waals surface area contributed by atoms with E-state index in [9.17, 15) is 0 Å². The number of nitrogens with one attached hydrogen (secondary N) is 1. The van der Waals surface area contributed by atoms with Crippen LogP contribution in [0, 0.1) is 13.8 Å². The number of hydrogen-bond acceptors (Lipinski definition) is 2. The lowest BCUT2D eigenvalue weighted by molar-refractivity contribution is 1.06. The van der Waals surface area contributed by atoms with Gasteiger partial charge in [0.05, 0.1) is 16.7 Å². The summed E-state index contributed by atoms with van der Waals surface area (Å²) in [7, 11) is 1.91. The molecule has 2 aromatic carbocycles. The van der Waals surface area contributed by atoms with Gasteiger partial charge in [-0.3, -0.25) is 4.57 Å². The highest BCUT2D eigenvalue weighted by Gasteiger charge is 2.12. The van der Waals surface area contributed by atoms with Crippen LogP contribution < -0.4 is 5.32 Å². The summed E-state index contributed by atoms with van der Waals surface area (Å²) >= 11 is 0. The van der Waals surface area contributed by atoms with E-state index in [1.165, 1.54) is 16.8 Å². The first-order valence-corrected chi connectivity index (χ1v) is 6.43. The van der Waals surface area contributed by atoms with Crippen molar-refractivity contribution in [2.75, 3.05) is 12.4 Å². The Morgan fingerprint density at radius 1 is 1.05 bits per heavy atom. The van der Waals surface area contributed by atoms with Crippen molar-refractivity contribution in [2.45, 2.75) is 13.8 Å². The van der Waals surface area contributed by atoms with Crippen LogP contribution in [0.1, 0.15) is 11.1 Å². The van der Waals surface area contributed by atoms with E-state index >= 15 is 0 Å². The van der Waals surface area contributed by atoms with Crippen molar-refractivity contribution in [3.05, 3.63) is 53.6 Å². The van der Waals surface area contributed by atoms with E-state index in [-0.39, 0.29) is 0 Å². The first kappa shape index (κ1) is 11.8. The lowest BCUT2D eigenvalue weighted by Crippen LogP contribution is -2.03. The lowest BCUT2D eigenvalue weighted by Gasteiger charge is -2.12. The zero-order valence-corrected chi connectivity index (χ0v) is 11.4. The van der Waals surface area contributed by atoms with Crippen molar-refractivity contribution in [1.82, 2.24) is 9.55 Å². The quantitative estimate of drug-likeness (QED) is 0.753. The standard InChI is InChI=1S/C16H17N3/c1-11-8-9-12(2)15(10-11)19-14-7-5-4-6-13(14)18-16(19)17-3/h4-10H,1-3H3,(H,17,18). The highest BCUT2D eigenvalue weighted by atomic mass is 15.2. The molecule has 0 spiro atoms. The van der Waals surface area contributed by atoms with Gasteiger partial charge in [0.2, 0.25) is 5.95 Å². The maximum absolute atomic E-state index is 4.63. The van der Waals surface area contributed by atoms with E-state index in [0.29, 0.717) is 0 Å². The Hall–Kier alpha value is -2.29. The van der Waals surface area contributed by atoms with Crippen LogP contribution in [-0.4, -0.2) is 16.6 Å². The number of anilines is 1. The van der Waals surface area contributed by atoms with Gasteiger partial charge in [-0.1, -0.05) is 24.3 Å². The van der Waals surface area contributed by atoms with Gasteiger partial charge in [-0.25, -0.2) is 4.98 Å². The number of aryl methyl sites for hydroxylation is 2. The normalized spacial score (nSPS) is 10.9. The van der Waals surface area contributed by atoms with E-state index in [2.05, 4.69) is 53.0 Å². The second-order valence-corrected chi connectivity index (χ2v) is 4.80. The van der Waals surface area contributed by atoms with Crippen molar-refractivity contribution >= 4 is 17.0 Å². The Kier molecular flexibility index (Phi) is 2.75. The predicted octanol–water partition coefficient (Wildman–Crippen LogP) is 3.68. The maximum atomic E-state index is 4.63. The van der Waals surface area contributed by atoms with Gasteiger partial charge in [0.25, 0.3) is 0 Å². The molecule has 0 aliphatic rings. The largest absolute Gasteiger partial charge is 0.358 e. The molecule has 0 fully saturated rings. The average molecular weight is 251 g/mol. The molecular weight excluding hydrogens is 234 g/mol. The van der Waals surface area contributed by atoms with Gasteiger partial charge in [0, 0.05) is 7.05 Å². The number of benzene rings is 2. The molecule has 0 bridgehead atoms. The predicted molar refractivity (Wildman–Crippen MR) is 80.1 cm³/mol. The number of hydrogen-bond donors (Lipinski definition) is 1. The Morgan fingerprint density at radius 2 is 1.84 bits per heavy atom. The zero-order chi connectivity index (χ0) is 13.4. The van der Waals surface area contributed by atoms with Crippen LogP contribution in [0.5, 0.6) is 0 Å². The number of aromatic nitrogens is 2. The molecule has 0 radical (unpaired) electrons. The fraction of sp³-hybridized carbons (Fsp3) is 0.188. The van der Waals surface area contributed by atoms with Gasteiger partial charge in [-0.05, 0) is 43.2 Å². The molecule has 0 amide bonds. The maximum Gasteiger partial charge on any atom is 0.208 e. The minimum absolute atomic E-state index is 0.870. The molecule has 3 nitrogen and oxygen atoms in total. The highest BCUT2D eigenvalue weighted by Crippen LogP contribution is 2.26. The van der Waals surface area contributed by atoms with E-state index in [1.807, 2.05) is 25.2 Å². The molecule has 19 heavy (non-hydrogen) atoms. The topological polar surface area (TPSA) is 29.9 Å².